The van der Waals surface area contributed by atoms with E-state index in [2.05, 4.69) is 4.98 Å². The Labute approximate surface area is 104 Å². The number of aromatic nitrogens is 1. The Balaban J connectivity index is 2.30. The number of hydrogen-bond acceptors (Lipinski definition) is 5. The second-order valence-corrected chi connectivity index (χ2v) is 5.47. The number of rotatable bonds is 6. The van der Waals surface area contributed by atoms with Gasteiger partial charge >= 0.3 is 0 Å². The average Bonchev–Trinajstić information content (AvgIpc) is 2.81. The maximum Gasteiger partial charge on any atom is 0.238 e. The maximum absolute atomic E-state index is 11.7. The lowest BCUT2D eigenvalue weighted by atomic mass is 10.2. The van der Waals surface area contributed by atoms with Crippen molar-refractivity contribution in [3.63, 3.8) is 0 Å². The summed E-state index contributed by atoms with van der Waals surface area (Å²) >= 11 is 2.99. The van der Waals surface area contributed by atoms with Gasteiger partial charge in [0, 0.05) is 25.2 Å². The smallest absolute Gasteiger partial charge is 0.238 e. The van der Waals surface area contributed by atoms with E-state index in [1.54, 1.807) is 29.9 Å². The molecule has 0 aromatic carbocycles. The van der Waals surface area contributed by atoms with Gasteiger partial charge in [0.1, 0.15) is 0 Å². The van der Waals surface area contributed by atoms with Gasteiger partial charge in [-0.2, -0.15) is 11.8 Å². The van der Waals surface area contributed by atoms with Gasteiger partial charge < -0.3 is 5.11 Å². The molecular formula is C10H16N2O2S2. The summed E-state index contributed by atoms with van der Waals surface area (Å²) in [6.07, 6.45) is 1.69. The summed E-state index contributed by atoms with van der Waals surface area (Å²) in [5.41, 5.74) is 0. The molecule has 1 heterocycles. The standard InChI is InChI=1S/C10H16N2O2S2/c1-8(5-13)6-15-7-9(14)12(2)10-11-3-4-16-10/h3-4,8,13H,5-7H2,1-2H3/t8-/m0/s1. The first-order valence-corrected chi connectivity index (χ1v) is 7.03. The van der Waals surface area contributed by atoms with Crippen LogP contribution in [0.4, 0.5) is 5.13 Å². The van der Waals surface area contributed by atoms with Crippen molar-refractivity contribution in [1.82, 2.24) is 4.98 Å². The Morgan fingerprint density at radius 2 is 2.50 bits per heavy atom. The number of carbonyl (C=O) groups is 1. The largest absolute Gasteiger partial charge is 0.396 e. The second-order valence-electron chi connectivity index (χ2n) is 3.57. The highest BCUT2D eigenvalue weighted by atomic mass is 32.2. The van der Waals surface area contributed by atoms with Crippen LogP contribution in [0.5, 0.6) is 0 Å². The fourth-order valence-corrected chi connectivity index (χ4v) is 2.60. The molecule has 6 heteroatoms. The highest BCUT2D eigenvalue weighted by Gasteiger charge is 2.13. The summed E-state index contributed by atoms with van der Waals surface area (Å²) in [5.74, 6) is 1.52. The molecule has 0 radical (unpaired) electrons. The zero-order valence-corrected chi connectivity index (χ0v) is 11.1. The summed E-state index contributed by atoms with van der Waals surface area (Å²) in [7, 11) is 1.73. The van der Waals surface area contributed by atoms with Crippen LogP contribution in [-0.2, 0) is 4.79 Å². The van der Waals surface area contributed by atoms with Gasteiger partial charge in [-0.05, 0) is 11.7 Å². The van der Waals surface area contributed by atoms with Crippen LogP contribution in [0.25, 0.3) is 0 Å². The van der Waals surface area contributed by atoms with E-state index < -0.39 is 0 Å². The molecule has 1 aromatic rings. The van der Waals surface area contributed by atoms with Crippen LogP contribution >= 0.6 is 23.1 Å². The van der Waals surface area contributed by atoms with Crippen molar-refractivity contribution >= 4 is 34.1 Å². The van der Waals surface area contributed by atoms with Crippen LogP contribution in [0.3, 0.4) is 0 Å². The van der Waals surface area contributed by atoms with E-state index in [4.69, 9.17) is 5.11 Å². The summed E-state index contributed by atoms with van der Waals surface area (Å²) in [4.78, 5) is 17.4. The first-order valence-electron chi connectivity index (χ1n) is 4.99. The molecule has 0 saturated heterocycles. The predicted molar refractivity (Wildman–Crippen MR) is 69.1 cm³/mol. The lowest BCUT2D eigenvalue weighted by molar-refractivity contribution is -0.115. The molecule has 0 fully saturated rings. The first kappa shape index (κ1) is 13.5. The summed E-state index contributed by atoms with van der Waals surface area (Å²) in [6.45, 7) is 2.13. The van der Waals surface area contributed by atoms with Crippen LogP contribution in [-0.4, -0.2) is 41.2 Å². The first-order chi connectivity index (χ1) is 7.65. The van der Waals surface area contributed by atoms with Crippen LogP contribution in [0.2, 0.25) is 0 Å². The average molecular weight is 260 g/mol. The van der Waals surface area contributed by atoms with Crippen LogP contribution in [0.15, 0.2) is 11.6 Å². The van der Waals surface area contributed by atoms with Gasteiger partial charge in [-0.15, -0.1) is 11.3 Å². The molecule has 4 nitrogen and oxygen atoms in total. The minimum absolute atomic E-state index is 0.0464. The zero-order valence-electron chi connectivity index (χ0n) is 9.42. The third kappa shape index (κ3) is 4.11. The number of anilines is 1. The third-order valence-corrected chi connectivity index (χ3v) is 4.12. The molecule has 90 valence electrons. The monoisotopic (exact) mass is 260 g/mol. The van der Waals surface area contributed by atoms with Gasteiger partial charge in [0.05, 0.1) is 5.75 Å². The number of carbonyl (C=O) groups excluding carboxylic acids is 1. The fourth-order valence-electron chi connectivity index (χ4n) is 0.985. The van der Waals surface area contributed by atoms with Gasteiger partial charge in [-0.1, -0.05) is 6.92 Å². The molecule has 1 aromatic heterocycles. The summed E-state index contributed by atoms with van der Waals surface area (Å²) in [5, 5.41) is 11.4. The molecular weight excluding hydrogens is 244 g/mol. The molecule has 1 atom stereocenters. The molecule has 1 rings (SSSR count). The second kappa shape index (κ2) is 6.88. The molecule has 0 spiro atoms. The van der Waals surface area contributed by atoms with Gasteiger partial charge in [0.2, 0.25) is 5.91 Å². The normalized spacial score (nSPS) is 12.4. The number of amides is 1. The number of thioether (sulfide) groups is 1. The van der Waals surface area contributed by atoms with E-state index in [0.717, 1.165) is 10.9 Å². The van der Waals surface area contributed by atoms with E-state index in [-0.39, 0.29) is 18.4 Å². The summed E-state index contributed by atoms with van der Waals surface area (Å²) in [6, 6.07) is 0. The fraction of sp³-hybridized carbons (Fsp3) is 0.600. The van der Waals surface area contributed by atoms with Crippen molar-refractivity contribution in [2.24, 2.45) is 5.92 Å². The molecule has 0 aliphatic heterocycles. The van der Waals surface area contributed by atoms with Gasteiger partial charge in [-0.3, -0.25) is 9.69 Å². The van der Waals surface area contributed by atoms with E-state index in [1.807, 2.05) is 12.3 Å². The number of nitrogens with zero attached hydrogens (tertiary/aromatic N) is 2. The van der Waals surface area contributed by atoms with Gasteiger partial charge in [0.25, 0.3) is 0 Å². The Hall–Kier alpha value is -0.590. The third-order valence-electron chi connectivity index (χ3n) is 2.02. The van der Waals surface area contributed by atoms with Crippen molar-refractivity contribution in [1.29, 1.82) is 0 Å². The Morgan fingerprint density at radius 1 is 1.75 bits per heavy atom. The van der Waals surface area contributed by atoms with Crippen molar-refractivity contribution < 1.29 is 9.90 Å². The van der Waals surface area contributed by atoms with Crippen molar-refractivity contribution in [3.8, 4) is 0 Å². The topological polar surface area (TPSA) is 53.4 Å². The number of thiazole rings is 1. The van der Waals surface area contributed by atoms with E-state index in [1.165, 1.54) is 11.3 Å². The predicted octanol–water partition coefficient (Wildman–Crippen LogP) is 1.47. The maximum atomic E-state index is 11.7. The Kier molecular flexibility index (Phi) is 5.79. The molecule has 16 heavy (non-hydrogen) atoms. The molecule has 0 unspecified atom stereocenters. The van der Waals surface area contributed by atoms with Crippen molar-refractivity contribution in [2.45, 2.75) is 6.92 Å². The Bertz CT molecular complexity index is 317. The minimum atomic E-state index is 0.0464. The summed E-state index contributed by atoms with van der Waals surface area (Å²) < 4.78 is 0. The number of hydrogen-bond donors (Lipinski definition) is 1. The van der Waals surface area contributed by atoms with Crippen molar-refractivity contribution in [2.75, 3.05) is 30.1 Å². The van der Waals surface area contributed by atoms with E-state index >= 15 is 0 Å². The van der Waals surface area contributed by atoms with Gasteiger partial charge in [-0.25, -0.2) is 4.98 Å². The zero-order chi connectivity index (χ0) is 12.0. The molecule has 1 N–H and O–H groups in total. The molecule has 0 bridgehead atoms. The Morgan fingerprint density at radius 3 is 3.06 bits per heavy atom. The molecule has 0 aliphatic carbocycles. The van der Waals surface area contributed by atoms with Crippen molar-refractivity contribution in [3.05, 3.63) is 11.6 Å². The van der Waals surface area contributed by atoms with Crippen LogP contribution in [0, 0.1) is 5.92 Å². The van der Waals surface area contributed by atoms with Crippen LogP contribution in [0.1, 0.15) is 6.92 Å². The SMILES string of the molecule is C[C@@H](CO)CSCC(=O)N(C)c1nccs1. The molecule has 0 saturated carbocycles. The lowest BCUT2D eigenvalue weighted by Crippen LogP contribution is -2.28. The quantitative estimate of drug-likeness (QED) is 0.841. The number of aliphatic hydroxyl groups is 1. The lowest BCUT2D eigenvalue weighted by Gasteiger charge is -2.14. The van der Waals surface area contributed by atoms with E-state index in [9.17, 15) is 4.79 Å². The van der Waals surface area contributed by atoms with E-state index in [0.29, 0.717) is 5.75 Å². The van der Waals surface area contributed by atoms with Gasteiger partial charge in [0.15, 0.2) is 5.13 Å². The highest BCUT2D eigenvalue weighted by Crippen LogP contribution is 2.17. The number of aliphatic hydroxyl groups excluding tert-OH is 1. The molecule has 1 amide bonds. The molecule has 0 aliphatic rings. The highest BCUT2D eigenvalue weighted by molar-refractivity contribution is 7.99. The minimum Gasteiger partial charge on any atom is -0.396 e. The van der Waals surface area contributed by atoms with Crippen LogP contribution < -0.4 is 4.90 Å².